The Balaban J connectivity index is 1.49. The van der Waals surface area contributed by atoms with E-state index in [4.69, 9.17) is 9.47 Å². The highest BCUT2D eigenvalue weighted by molar-refractivity contribution is 9.10. The van der Waals surface area contributed by atoms with Crippen LogP contribution in [-0.4, -0.2) is 29.6 Å². The van der Waals surface area contributed by atoms with E-state index in [1.54, 1.807) is 30.3 Å². The molecule has 1 heterocycles. The molecule has 8 heteroatoms. The van der Waals surface area contributed by atoms with Crippen LogP contribution in [0.3, 0.4) is 0 Å². The molecule has 0 fully saturated rings. The number of benzene rings is 3. The Hall–Kier alpha value is -4.09. The first-order valence-electron chi connectivity index (χ1n) is 9.99. The lowest BCUT2D eigenvalue weighted by Crippen LogP contribution is -2.20. The van der Waals surface area contributed by atoms with E-state index in [1.165, 1.54) is 7.11 Å². The van der Waals surface area contributed by atoms with Gasteiger partial charge in [-0.1, -0.05) is 30.3 Å². The summed E-state index contributed by atoms with van der Waals surface area (Å²) in [6.45, 7) is -0.185. The number of aromatic nitrogens is 2. The highest BCUT2D eigenvalue weighted by Crippen LogP contribution is 2.30. The predicted molar refractivity (Wildman–Crippen MR) is 131 cm³/mol. The molecular formula is C25H19BrN4O3. The number of amides is 1. The smallest absolute Gasteiger partial charge is 0.262 e. The topological polar surface area (TPSA) is 100 Å². The Labute approximate surface area is 198 Å². The summed E-state index contributed by atoms with van der Waals surface area (Å²) in [4.78, 5) is 19.9. The molecule has 0 unspecified atom stereocenters. The molecule has 0 aliphatic heterocycles. The summed E-state index contributed by atoms with van der Waals surface area (Å²) in [6, 6.07) is 22.3. The first-order chi connectivity index (χ1) is 16.1. The highest BCUT2D eigenvalue weighted by atomic mass is 79.9. The van der Waals surface area contributed by atoms with E-state index in [9.17, 15) is 10.1 Å². The van der Waals surface area contributed by atoms with Gasteiger partial charge in [-0.25, -0.2) is 4.98 Å². The van der Waals surface area contributed by atoms with Crippen LogP contribution >= 0.6 is 15.9 Å². The van der Waals surface area contributed by atoms with Gasteiger partial charge in [0.05, 0.1) is 29.4 Å². The zero-order valence-electron chi connectivity index (χ0n) is 17.6. The standard InChI is InChI=1S/C25H19BrN4O3/c1-32-23-13-16(12-17(14-27)25-29-20-8-4-5-9-21(20)30-25)10-11-22(23)33-15-24(31)28-19-7-3-2-6-18(19)26/h2-13H,15H2,1H3,(H,28,31)(H,29,30)/b17-12+. The van der Waals surface area contributed by atoms with E-state index >= 15 is 0 Å². The molecule has 4 rings (SSSR count). The van der Waals surface area contributed by atoms with E-state index < -0.39 is 0 Å². The minimum absolute atomic E-state index is 0.185. The summed E-state index contributed by atoms with van der Waals surface area (Å²) >= 11 is 3.39. The quantitative estimate of drug-likeness (QED) is 0.329. The minimum atomic E-state index is -0.301. The summed E-state index contributed by atoms with van der Waals surface area (Å²) in [7, 11) is 1.52. The molecule has 0 radical (unpaired) electrons. The van der Waals surface area contributed by atoms with Gasteiger partial charge in [0.25, 0.3) is 5.91 Å². The number of nitrogens with one attached hydrogen (secondary N) is 2. The van der Waals surface area contributed by atoms with Gasteiger partial charge in [0, 0.05) is 4.47 Å². The van der Waals surface area contributed by atoms with Gasteiger partial charge in [-0.2, -0.15) is 5.26 Å². The lowest BCUT2D eigenvalue weighted by Gasteiger charge is -2.12. The van der Waals surface area contributed by atoms with Gasteiger partial charge in [-0.15, -0.1) is 0 Å². The summed E-state index contributed by atoms with van der Waals surface area (Å²) < 4.78 is 11.9. The van der Waals surface area contributed by atoms with Gasteiger partial charge in [-0.05, 0) is 64.0 Å². The number of aromatic amines is 1. The van der Waals surface area contributed by atoms with Crippen molar-refractivity contribution < 1.29 is 14.3 Å². The molecule has 7 nitrogen and oxygen atoms in total. The lowest BCUT2D eigenvalue weighted by molar-refractivity contribution is -0.118. The van der Waals surface area contributed by atoms with Gasteiger partial charge < -0.3 is 19.8 Å². The fourth-order valence-electron chi connectivity index (χ4n) is 3.19. The molecule has 0 aliphatic rings. The number of H-pyrrole nitrogens is 1. The van der Waals surface area contributed by atoms with Crippen molar-refractivity contribution in [2.24, 2.45) is 0 Å². The maximum Gasteiger partial charge on any atom is 0.262 e. The number of ether oxygens (including phenoxy) is 2. The minimum Gasteiger partial charge on any atom is -0.493 e. The third kappa shape index (κ3) is 5.22. The van der Waals surface area contributed by atoms with Crippen LogP contribution < -0.4 is 14.8 Å². The van der Waals surface area contributed by atoms with E-state index in [0.29, 0.717) is 28.6 Å². The summed E-state index contributed by atoms with van der Waals surface area (Å²) in [5.74, 6) is 1.05. The normalized spacial score (nSPS) is 11.1. The molecule has 164 valence electrons. The first kappa shape index (κ1) is 22.1. The number of methoxy groups -OCH3 is 1. The van der Waals surface area contributed by atoms with E-state index in [-0.39, 0.29) is 12.5 Å². The largest absolute Gasteiger partial charge is 0.493 e. The van der Waals surface area contributed by atoms with Crippen molar-refractivity contribution in [3.05, 3.63) is 82.6 Å². The third-order valence-electron chi connectivity index (χ3n) is 4.77. The molecule has 1 amide bonds. The van der Waals surface area contributed by atoms with Crippen molar-refractivity contribution in [3.8, 4) is 17.6 Å². The molecule has 0 spiro atoms. The Bertz CT molecular complexity index is 1350. The van der Waals surface area contributed by atoms with Crippen LogP contribution in [0.25, 0.3) is 22.7 Å². The fourth-order valence-corrected chi connectivity index (χ4v) is 3.57. The third-order valence-corrected chi connectivity index (χ3v) is 5.46. The molecule has 0 bridgehead atoms. The Morgan fingerprint density at radius 2 is 1.94 bits per heavy atom. The number of hydrogen-bond acceptors (Lipinski definition) is 5. The SMILES string of the molecule is COc1cc(/C=C(\C#N)c2nc3ccccc3[nH]2)ccc1OCC(=O)Nc1ccccc1Br. The van der Waals surface area contributed by atoms with Crippen molar-refractivity contribution in [2.75, 3.05) is 19.0 Å². The number of fused-ring (bicyclic) bond motifs is 1. The van der Waals surface area contributed by atoms with Crippen LogP contribution in [0.2, 0.25) is 0 Å². The second kappa shape index (κ2) is 10.0. The molecule has 3 aromatic carbocycles. The Morgan fingerprint density at radius 1 is 1.15 bits per heavy atom. The number of hydrogen-bond donors (Lipinski definition) is 2. The summed E-state index contributed by atoms with van der Waals surface area (Å²) in [5, 5.41) is 12.4. The number of nitriles is 1. The van der Waals surface area contributed by atoms with Crippen LogP contribution in [-0.2, 0) is 4.79 Å². The maximum absolute atomic E-state index is 12.3. The number of carbonyl (C=O) groups excluding carboxylic acids is 1. The number of carbonyl (C=O) groups is 1. The van der Waals surface area contributed by atoms with Crippen molar-refractivity contribution in [1.29, 1.82) is 5.26 Å². The molecule has 4 aromatic rings. The maximum atomic E-state index is 12.3. The molecular weight excluding hydrogens is 484 g/mol. The number of allylic oxidation sites excluding steroid dienone is 1. The highest BCUT2D eigenvalue weighted by Gasteiger charge is 2.12. The van der Waals surface area contributed by atoms with Gasteiger partial charge >= 0.3 is 0 Å². The van der Waals surface area contributed by atoms with Crippen LogP contribution in [0.15, 0.2) is 71.2 Å². The van der Waals surface area contributed by atoms with E-state index in [0.717, 1.165) is 21.1 Å². The zero-order valence-corrected chi connectivity index (χ0v) is 19.2. The van der Waals surface area contributed by atoms with Gasteiger partial charge in [0.1, 0.15) is 11.9 Å². The second-order valence-electron chi connectivity index (χ2n) is 7.00. The van der Waals surface area contributed by atoms with Crippen LogP contribution in [0.5, 0.6) is 11.5 Å². The predicted octanol–water partition coefficient (Wildman–Crippen LogP) is 5.42. The second-order valence-corrected chi connectivity index (χ2v) is 7.85. The van der Waals surface area contributed by atoms with Gasteiger partial charge in [0.2, 0.25) is 0 Å². The van der Waals surface area contributed by atoms with Gasteiger partial charge in [-0.3, -0.25) is 4.79 Å². The van der Waals surface area contributed by atoms with Crippen LogP contribution in [0.4, 0.5) is 5.69 Å². The molecule has 1 aromatic heterocycles. The van der Waals surface area contributed by atoms with Crippen LogP contribution in [0, 0.1) is 11.3 Å². The number of anilines is 1. The molecule has 0 saturated carbocycles. The van der Waals surface area contributed by atoms with Crippen molar-refractivity contribution in [2.45, 2.75) is 0 Å². The molecule has 0 saturated heterocycles. The first-order valence-corrected chi connectivity index (χ1v) is 10.8. The van der Waals surface area contributed by atoms with E-state index in [1.807, 2.05) is 42.5 Å². The fraction of sp³-hybridized carbons (Fsp3) is 0.0800. The number of rotatable bonds is 7. The number of halogens is 1. The monoisotopic (exact) mass is 502 g/mol. The average molecular weight is 503 g/mol. The molecule has 33 heavy (non-hydrogen) atoms. The lowest BCUT2D eigenvalue weighted by atomic mass is 10.1. The summed E-state index contributed by atoms with van der Waals surface area (Å²) in [6.07, 6.45) is 1.71. The van der Waals surface area contributed by atoms with Crippen molar-refractivity contribution in [3.63, 3.8) is 0 Å². The molecule has 0 atom stereocenters. The van der Waals surface area contributed by atoms with Crippen LogP contribution in [0.1, 0.15) is 11.4 Å². The average Bonchev–Trinajstić information content (AvgIpc) is 3.27. The van der Waals surface area contributed by atoms with Crippen molar-refractivity contribution >= 4 is 50.2 Å². The molecule has 0 aliphatic carbocycles. The Kier molecular flexibility index (Phi) is 6.72. The number of nitrogens with zero attached hydrogens (tertiary/aromatic N) is 2. The van der Waals surface area contributed by atoms with Gasteiger partial charge in [0.15, 0.2) is 18.1 Å². The zero-order chi connectivity index (χ0) is 23.2. The molecule has 2 N–H and O–H groups in total. The summed E-state index contributed by atoms with van der Waals surface area (Å²) in [5.41, 5.74) is 3.42. The van der Waals surface area contributed by atoms with Crippen molar-refractivity contribution in [1.82, 2.24) is 9.97 Å². The number of imidazole rings is 1. The Morgan fingerprint density at radius 3 is 2.70 bits per heavy atom. The van der Waals surface area contributed by atoms with E-state index in [2.05, 4.69) is 37.3 Å². The number of para-hydroxylation sites is 3.